The third-order valence-corrected chi connectivity index (χ3v) is 3.48. The molecule has 0 aromatic heterocycles. The molecule has 1 aromatic carbocycles. The molecule has 0 aliphatic rings. The molecule has 0 saturated carbocycles. The van der Waals surface area contributed by atoms with Crippen molar-refractivity contribution >= 4 is 21.5 Å². The Kier molecular flexibility index (Phi) is 4.11. The fraction of sp³-hybridized carbons (Fsp3) is 0.364. The Hall–Kier alpha value is -1.56. The van der Waals surface area contributed by atoms with Gasteiger partial charge < -0.3 is 10.5 Å². The molecule has 1 aromatic rings. The molecule has 17 heavy (non-hydrogen) atoms. The van der Waals surface area contributed by atoms with E-state index in [2.05, 4.69) is 4.74 Å². The second-order valence-corrected chi connectivity index (χ2v) is 5.70. The Morgan fingerprint density at radius 2 is 2.06 bits per heavy atom. The number of esters is 1. The molecule has 0 radical (unpaired) electrons. The first kappa shape index (κ1) is 13.5. The highest BCUT2D eigenvalue weighted by molar-refractivity contribution is 7.90. The van der Waals surface area contributed by atoms with E-state index < -0.39 is 9.84 Å². The number of hydrogen-bond donors (Lipinski definition) is 1. The second-order valence-electron chi connectivity index (χ2n) is 3.72. The second kappa shape index (κ2) is 5.18. The van der Waals surface area contributed by atoms with Crippen molar-refractivity contribution in [3.8, 4) is 0 Å². The summed E-state index contributed by atoms with van der Waals surface area (Å²) in [6.45, 7) is 0. The number of sulfone groups is 1. The van der Waals surface area contributed by atoms with Crippen LogP contribution in [0.25, 0.3) is 0 Å². The van der Waals surface area contributed by atoms with Gasteiger partial charge in [-0.2, -0.15) is 0 Å². The van der Waals surface area contributed by atoms with Crippen LogP contribution in [0.15, 0.2) is 23.1 Å². The van der Waals surface area contributed by atoms with E-state index >= 15 is 0 Å². The first-order chi connectivity index (χ1) is 7.84. The van der Waals surface area contributed by atoms with Gasteiger partial charge >= 0.3 is 5.97 Å². The third-order valence-electron chi connectivity index (χ3n) is 2.32. The van der Waals surface area contributed by atoms with Crippen molar-refractivity contribution in [2.75, 3.05) is 19.1 Å². The van der Waals surface area contributed by atoms with Gasteiger partial charge in [0, 0.05) is 12.7 Å². The maximum Gasteiger partial charge on any atom is 0.305 e. The predicted octanol–water partition coefficient (Wildman–Crippen LogP) is 0.778. The lowest BCUT2D eigenvalue weighted by molar-refractivity contribution is -0.140. The summed E-state index contributed by atoms with van der Waals surface area (Å²) in [5.41, 5.74) is 6.54. The summed E-state index contributed by atoms with van der Waals surface area (Å²) >= 11 is 0. The SMILES string of the molecule is COC(=O)CCc1ccc(N)c(S(C)(=O)=O)c1. The number of rotatable bonds is 4. The molecule has 1 rings (SSSR count). The van der Waals surface area contributed by atoms with Crippen LogP contribution in [0.4, 0.5) is 5.69 Å². The fourth-order valence-electron chi connectivity index (χ4n) is 1.40. The number of nitrogen functional groups attached to an aromatic ring is 1. The minimum Gasteiger partial charge on any atom is -0.469 e. The molecule has 0 bridgehead atoms. The molecule has 94 valence electrons. The van der Waals surface area contributed by atoms with E-state index in [9.17, 15) is 13.2 Å². The van der Waals surface area contributed by atoms with Crippen LogP contribution in [0.2, 0.25) is 0 Å². The lowest BCUT2D eigenvalue weighted by Crippen LogP contribution is -2.05. The van der Waals surface area contributed by atoms with Crippen molar-refractivity contribution in [2.45, 2.75) is 17.7 Å². The molecular formula is C11H15NO4S. The summed E-state index contributed by atoms with van der Waals surface area (Å²) < 4.78 is 27.4. The van der Waals surface area contributed by atoms with Gasteiger partial charge in [-0.3, -0.25) is 4.79 Å². The molecule has 0 amide bonds. The highest BCUT2D eigenvalue weighted by atomic mass is 32.2. The zero-order valence-corrected chi connectivity index (χ0v) is 10.6. The van der Waals surface area contributed by atoms with E-state index in [0.29, 0.717) is 6.42 Å². The average molecular weight is 257 g/mol. The van der Waals surface area contributed by atoms with Crippen molar-refractivity contribution < 1.29 is 17.9 Å². The Balaban J connectivity index is 2.94. The first-order valence-corrected chi connectivity index (χ1v) is 6.89. The number of hydrogen-bond acceptors (Lipinski definition) is 5. The predicted molar refractivity (Wildman–Crippen MR) is 64.3 cm³/mol. The molecular weight excluding hydrogens is 242 g/mol. The third kappa shape index (κ3) is 3.74. The highest BCUT2D eigenvalue weighted by Crippen LogP contribution is 2.20. The van der Waals surface area contributed by atoms with E-state index in [1.54, 1.807) is 6.07 Å². The van der Waals surface area contributed by atoms with Gasteiger partial charge in [-0.1, -0.05) is 6.07 Å². The molecule has 0 spiro atoms. The smallest absolute Gasteiger partial charge is 0.305 e. The van der Waals surface area contributed by atoms with Crippen molar-refractivity contribution in [2.24, 2.45) is 0 Å². The van der Waals surface area contributed by atoms with Crippen LogP contribution in [0.1, 0.15) is 12.0 Å². The van der Waals surface area contributed by atoms with E-state index in [1.165, 1.54) is 19.2 Å². The fourth-order valence-corrected chi connectivity index (χ4v) is 2.27. The van der Waals surface area contributed by atoms with Gasteiger partial charge in [0.25, 0.3) is 0 Å². The minimum atomic E-state index is -3.34. The monoisotopic (exact) mass is 257 g/mol. The molecule has 0 unspecified atom stereocenters. The van der Waals surface area contributed by atoms with Gasteiger partial charge in [0.2, 0.25) is 0 Å². The summed E-state index contributed by atoms with van der Waals surface area (Å²) in [5.74, 6) is -0.331. The molecule has 2 N–H and O–H groups in total. The lowest BCUT2D eigenvalue weighted by atomic mass is 10.1. The first-order valence-electron chi connectivity index (χ1n) is 5.00. The molecule has 5 nitrogen and oxygen atoms in total. The number of nitrogens with two attached hydrogens (primary N) is 1. The quantitative estimate of drug-likeness (QED) is 0.636. The van der Waals surface area contributed by atoms with E-state index in [0.717, 1.165) is 11.8 Å². The van der Waals surface area contributed by atoms with E-state index in [-0.39, 0.29) is 23.0 Å². The van der Waals surface area contributed by atoms with Crippen LogP contribution < -0.4 is 5.73 Å². The number of aryl methyl sites for hydroxylation is 1. The van der Waals surface area contributed by atoms with Gasteiger partial charge in [0.1, 0.15) is 0 Å². The molecule has 0 saturated heterocycles. The summed E-state index contributed by atoms with van der Waals surface area (Å²) in [6, 6.07) is 4.73. The van der Waals surface area contributed by atoms with Crippen molar-refractivity contribution in [3.05, 3.63) is 23.8 Å². The summed E-state index contributed by atoms with van der Waals surface area (Å²) in [6.07, 6.45) is 1.74. The number of ether oxygens (including phenoxy) is 1. The Bertz CT molecular complexity index is 522. The lowest BCUT2D eigenvalue weighted by Gasteiger charge is -2.06. The van der Waals surface area contributed by atoms with Crippen LogP contribution in [0.5, 0.6) is 0 Å². The van der Waals surface area contributed by atoms with Gasteiger partial charge in [0.05, 0.1) is 17.7 Å². The zero-order chi connectivity index (χ0) is 13.1. The van der Waals surface area contributed by atoms with Crippen LogP contribution in [-0.2, 0) is 25.8 Å². The molecule has 0 atom stereocenters. The maximum absolute atomic E-state index is 11.4. The number of benzene rings is 1. The van der Waals surface area contributed by atoms with Gasteiger partial charge in [-0.15, -0.1) is 0 Å². The molecule has 0 heterocycles. The number of methoxy groups -OCH3 is 1. The maximum atomic E-state index is 11.4. The normalized spacial score (nSPS) is 11.2. The molecule has 0 aliphatic heterocycles. The average Bonchev–Trinajstić information content (AvgIpc) is 2.26. The van der Waals surface area contributed by atoms with Gasteiger partial charge in [0.15, 0.2) is 9.84 Å². The van der Waals surface area contributed by atoms with Crippen molar-refractivity contribution in [1.82, 2.24) is 0 Å². The molecule has 6 heteroatoms. The molecule has 0 fully saturated rings. The summed E-state index contributed by atoms with van der Waals surface area (Å²) in [7, 11) is -2.03. The zero-order valence-electron chi connectivity index (χ0n) is 9.76. The number of anilines is 1. The largest absolute Gasteiger partial charge is 0.469 e. The number of carbonyl (C=O) groups is 1. The van der Waals surface area contributed by atoms with Gasteiger partial charge in [-0.05, 0) is 24.1 Å². The topological polar surface area (TPSA) is 86.5 Å². The van der Waals surface area contributed by atoms with E-state index in [4.69, 9.17) is 5.73 Å². The van der Waals surface area contributed by atoms with Crippen LogP contribution in [0.3, 0.4) is 0 Å². The standard InChI is InChI=1S/C11H15NO4S/c1-16-11(13)6-4-8-3-5-9(12)10(7-8)17(2,14)15/h3,5,7H,4,6,12H2,1-2H3. The number of carbonyl (C=O) groups excluding carboxylic acids is 1. The Labute approximate surface area is 100 Å². The van der Waals surface area contributed by atoms with Crippen molar-refractivity contribution in [1.29, 1.82) is 0 Å². The van der Waals surface area contributed by atoms with Gasteiger partial charge in [-0.25, -0.2) is 8.42 Å². The van der Waals surface area contributed by atoms with Crippen molar-refractivity contribution in [3.63, 3.8) is 0 Å². The van der Waals surface area contributed by atoms with Crippen LogP contribution in [0, 0.1) is 0 Å². The highest BCUT2D eigenvalue weighted by Gasteiger charge is 2.12. The molecule has 0 aliphatic carbocycles. The Morgan fingerprint density at radius 3 is 2.59 bits per heavy atom. The van der Waals surface area contributed by atoms with Crippen LogP contribution >= 0.6 is 0 Å². The summed E-state index contributed by atoms with van der Waals surface area (Å²) in [5, 5.41) is 0. The van der Waals surface area contributed by atoms with E-state index in [1.807, 2.05) is 0 Å². The Morgan fingerprint density at radius 1 is 1.41 bits per heavy atom. The van der Waals surface area contributed by atoms with Crippen LogP contribution in [-0.4, -0.2) is 27.8 Å². The summed E-state index contributed by atoms with van der Waals surface area (Å²) in [4.78, 5) is 11.1. The minimum absolute atomic E-state index is 0.0971.